The lowest BCUT2D eigenvalue weighted by Crippen LogP contribution is -2.43. The number of esters is 1. The van der Waals surface area contributed by atoms with Crippen LogP contribution < -0.4 is 5.32 Å². The molecule has 166 valence electrons. The van der Waals surface area contributed by atoms with Crippen LogP contribution in [0.25, 0.3) is 0 Å². The maximum atomic E-state index is 13.6. The second kappa shape index (κ2) is 9.48. The molecule has 1 aliphatic heterocycles. The smallest absolute Gasteiger partial charge is 0.310 e. The summed E-state index contributed by atoms with van der Waals surface area (Å²) in [6.07, 6.45) is 0.760. The number of benzene rings is 2. The molecule has 1 heterocycles. The number of nitrogens with one attached hydrogen (secondary N) is 1. The van der Waals surface area contributed by atoms with Gasteiger partial charge in [-0.05, 0) is 49.2 Å². The highest BCUT2D eigenvalue weighted by molar-refractivity contribution is 7.89. The van der Waals surface area contributed by atoms with Crippen molar-refractivity contribution in [1.82, 2.24) is 4.31 Å². The monoisotopic (exact) mass is 456 g/mol. The lowest BCUT2D eigenvalue weighted by Gasteiger charge is -2.30. The zero-order valence-electron chi connectivity index (χ0n) is 16.2. The van der Waals surface area contributed by atoms with Crippen LogP contribution in [0.3, 0.4) is 0 Å². The van der Waals surface area contributed by atoms with Crippen molar-refractivity contribution in [3.8, 4) is 0 Å². The predicted octanol–water partition coefficient (Wildman–Crippen LogP) is 2.69. The molecule has 1 unspecified atom stereocenters. The predicted molar refractivity (Wildman–Crippen MR) is 104 cm³/mol. The van der Waals surface area contributed by atoms with E-state index in [0.29, 0.717) is 18.9 Å². The van der Waals surface area contributed by atoms with E-state index in [1.54, 1.807) is 0 Å². The second-order valence-electron chi connectivity index (χ2n) is 6.94. The van der Waals surface area contributed by atoms with Gasteiger partial charge < -0.3 is 10.1 Å². The molecule has 3 rings (SSSR count). The molecule has 1 N–H and O–H groups in total. The number of sulfonamides is 1. The van der Waals surface area contributed by atoms with E-state index in [1.165, 1.54) is 0 Å². The summed E-state index contributed by atoms with van der Waals surface area (Å²) >= 11 is 0. The summed E-state index contributed by atoms with van der Waals surface area (Å²) in [6.45, 7) is -0.669. The second-order valence-corrected chi connectivity index (χ2v) is 8.87. The summed E-state index contributed by atoms with van der Waals surface area (Å²) < 4.78 is 71.0. The molecule has 0 radical (unpaired) electrons. The molecule has 2 aromatic rings. The zero-order chi connectivity index (χ0) is 22.6. The van der Waals surface area contributed by atoms with Crippen LogP contribution in [0.15, 0.2) is 47.4 Å². The summed E-state index contributed by atoms with van der Waals surface area (Å²) in [7, 11) is -3.92. The molecular weight excluding hydrogens is 437 g/mol. The van der Waals surface area contributed by atoms with Crippen LogP contribution in [0.4, 0.5) is 18.9 Å². The van der Waals surface area contributed by atoms with Gasteiger partial charge in [0, 0.05) is 19.2 Å². The fourth-order valence-corrected chi connectivity index (χ4v) is 4.66. The Hall–Kier alpha value is -2.92. The summed E-state index contributed by atoms with van der Waals surface area (Å²) in [5.74, 6) is -4.75. The molecule has 0 aliphatic carbocycles. The summed E-state index contributed by atoms with van der Waals surface area (Å²) in [4.78, 5) is 24.1. The Balaban J connectivity index is 1.56. The van der Waals surface area contributed by atoms with E-state index in [9.17, 15) is 31.2 Å². The Morgan fingerprint density at radius 2 is 1.74 bits per heavy atom. The van der Waals surface area contributed by atoms with Crippen LogP contribution in [-0.4, -0.2) is 44.3 Å². The Bertz CT molecular complexity index is 1080. The molecular formula is C20H19F3N2O5S. The number of carbonyl (C=O) groups is 2. The van der Waals surface area contributed by atoms with Gasteiger partial charge in [-0.3, -0.25) is 9.59 Å². The number of piperidine rings is 1. The number of ether oxygens (including phenoxy) is 1. The third-order valence-corrected chi connectivity index (χ3v) is 6.60. The number of nitrogens with zero attached hydrogens (tertiary/aromatic N) is 1. The first kappa shape index (κ1) is 22.8. The molecule has 0 bridgehead atoms. The molecule has 1 atom stereocenters. The largest absolute Gasteiger partial charge is 0.455 e. The van der Waals surface area contributed by atoms with Crippen LogP contribution in [0.2, 0.25) is 0 Å². The number of rotatable bonds is 6. The number of amides is 1. The first-order valence-electron chi connectivity index (χ1n) is 9.34. The highest BCUT2D eigenvalue weighted by Crippen LogP contribution is 2.25. The minimum atomic E-state index is -3.92. The average molecular weight is 456 g/mol. The molecule has 1 fully saturated rings. The lowest BCUT2D eigenvalue weighted by molar-refractivity contribution is -0.152. The average Bonchev–Trinajstić information content (AvgIpc) is 2.74. The number of carbonyl (C=O) groups excluding carboxylic acids is 2. The van der Waals surface area contributed by atoms with Crippen LogP contribution in [0, 0.1) is 23.4 Å². The summed E-state index contributed by atoms with van der Waals surface area (Å²) in [5.41, 5.74) is -0.267. The van der Waals surface area contributed by atoms with Gasteiger partial charge >= 0.3 is 5.97 Å². The molecule has 0 aromatic heterocycles. The number of halogens is 3. The first-order chi connectivity index (χ1) is 14.7. The van der Waals surface area contributed by atoms with Crippen molar-refractivity contribution in [2.24, 2.45) is 5.92 Å². The van der Waals surface area contributed by atoms with Gasteiger partial charge in [0.05, 0.1) is 16.5 Å². The molecule has 1 aliphatic rings. The molecule has 1 amide bonds. The Morgan fingerprint density at radius 1 is 1.06 bits per heavy atom. The van der Waals surface area contributed by atoms with Gasteiger partial charge in [-0.1, -0.05) is 0 Å². The van der Waals surface area contributed by atoms with Gasteiger partial charge in [-0.2, -0.15) is 4.31 Å². The van der Waals surface area contributed by atoms with Gasteiger partial charge in [0.15, 0.2) is 6.61 Å². The molecule has 0 saturated carbocycles. The van der Waals surface area contributed by atoms with Crippen molar-refractivity contribution in [2.45, 2.75) is 17.7 Å². The van der Waals surface area contributed by atoms with Crippen LogP contribution >= 0.6 is 0 Å². The van der Waals surface area contributed by atoms with E-state index < -0.39 is 51.9 Å². The summed E-state index contributed by atoms with van der Waals surface area (Å²) in [5, 5.41) is 2.16. The molecule has 0 spiro atoms. The maximum absolute atomic E-state index is 13.6. The number of hydrogen-bond acceptors (Lipinski definition) is 5. The van der Waals surface area contributed by atoms with Gasteiger partial charge in [-0.15, -0.1) is 0 Å². The fraction of sp³-hybridized carbons (Fsp3) is 0.300. The first-order valence-corrected chi connectivity index (χ1v) is 10.8. The van der Waals surface area contributed by atoms with Crippen molar-refractivity contribution in [3.63, 3.8) is 0 Å². The van der Waals surface area contributed by atoms with E-state index in [2.05, 4.69) is 5.32 Å². The molecule has 31 heavy (non-hydrogen) atoms. The Kier molecular flexibility index (Phi) is 6.96. The minimum Gasteiger partial charge on any atom is -0.455 e. The van der Waals surface area contributed by atoms with E-state index >= 15 is 0 Å². The molecule has 2 aromatic carbocycles. The van der Waals surface area contributed by atoms with Gasteiger partial charge in [0.2, 0.25) is 10.0 Å². The number of hydrogen-bond donors (Lipinski definition) is 1. The van der Waals surface area contributed by atoms with Gasteiger partial charge in [-0.25, -0.2) is 21.6 Å². The Morgan fingerprint density at radius 3 is 2.42 bits per heavy atom. The van der Waals surface area contributed by atoms with Crippen molar-refractivity contribution in [2.75, 3.05) is 25.0 Å². The SMILES string of the molecule is O=C(COC(=O)C1CCCN(S(=O)(=O)c2ccc(F)cc2)C1)Nc1ccc(F)cc1F. The van der Waals surface area contributed by atoms with E-state index in [-0.39, 0.29) is 23.7 Å². The van der Waals surface area contributed by atoms with Crippen molar-refractivity contribution in [3.05, 3.63) is 59.9 Å². The van der Waals surface area contributed by atoms with E-state index in [1.807, 2.05) is 0 Å². The van der Waals surface area contributed by atoms with Crippen LogP contribution in [0.1, 0.15) is 12.8 Å². The summed E-state index contributed by atoms with van der Waals surface area (Å²) in [6, 6.07) is 6.94. The van der Waals surface area contributed by atoms with Crippen LogP contribution in [-0.2, 0) is 24.3 Å². The standard InChI is InChI=1S/C20H19F3N2O5S/c21-14-3-6-16(7-4-14)31(28,29)25-9-1-2-13(11-25)20(27)30-12-19(26)24-18-8-5-15(22)10-17(18)23/h3-8,10,13H,1-2,9,11-12H2,(H,24,26). The van der Waals surface area contributed by atoms with Gasteiger partial charge in [0.1, 0.15) is 17.5 Å². The van der Waals surface area contributed by atoms with E-state index in [4.69, 9.17) is 4.74 Å². The third-order valence-electron chi connectivity index (χ3n) is 4.72. The van der Waals surface area contributed by atoms with Gasteiger partial charge in [0.25, 0.3) is 5.91 Å². The maximum Gasteiger partial charge on any atom is 0.310 e. The van der Waals surface area contributed by atoms with Crippen molar-refractivity contribution >= 4 is 27.6 Å². The zero-order valence-corrected chi connectivity index (χ0v) is 17.0. The van der Waals surface area contributed by atoms with E-state index in [0.717, 1.165) is 40.7 Å². The minimum absolute atomic E-state index is 0.0939. The number of anilines is 1. The third kappa shape index (κ3) is 5.61. The topological polar surface area (TPSA) is 92.8 Å². The highest BCUT2D eigenvalue weighted by atomic mass is 32.2. The Labute approximate surface area is 176 Å². The molecule has 11 heteroatoms. The fourth-order valence-electron chi connectivity index (χ4n) is 3.14. The van der Waals surface area contributed by atoms with Crippen LogP contribution in [0.5, 0.6) is 0 Å². The van der Waals surface area contributed by atoms with Crippen molar-refractivity contribution in [1.29, 1.82) is 0 Å². The molecule has 7 nitrogen and oxygen atoms in total. The quantitative estimate of drug-likeness (QED) is 0.675. The normalized spacial score (nSPS) is 17.2. The highest BCUT2D eigenvalue weighted by Gasteiger charge is 2.34. The lowest BCUT2D eigenvalue weighted by atomic mass is 10.00. The van der Waals surface area contributed by atoms with Crippen molar-refractivity contribution < 1.29 is 35.9 Å². The molecule has 1 saturated heterocycles.